The van der Waals surface area contributed by atoms with Gasteiger partial charge >= 0.3 is 6.09 Å². The van der Waals surface area contributed by atoms with Gasteiger partial charge in [0.25, 0.3) is 0 Å². The van der Waals surface area contributed by atoms with Crippen LogP contribution >= 0.6 is 0 Å². The van der Waals surface area contributed by atoms with E-state index in [0.29, 0.717) is 49.2 Å². The number of rotatable bonds is 9. The Morgan fingerprint density at radius 1 is 1.14 bits per heavy atom. The third-order valence-electron chi connectivity index (χ3n) is 5.64. The van der Waals surface area contributed by atoms with Crippen LogP contribution in [-0.2, 0) is 25.7 Å². The maximum Gasteiger partial charge on any atom is 0.413 e. The first kappa shape index (κ1) is 25.7. The normalized spacial score (nSPS) is 14.7. The van der Waals surface area contributed by atoms with Crippen LogP contribution < -0.4 is 20.9 Å². The van der Waals surface area contributed by atoms with Crippen LogP contribution in [0.3, 0.4) is 0 Å². The summed E-state index contributed by atoms with van der Waals surface area (Å²) in [6.45, 7) is 2.33. The number of ether oxygens (including phenoxy) is 1. The number of anilines is 1. The SMILES string of the molecule is COC(=O)N(CCCNC(C)=O)c1ccc(-c2ccc(CNC(=O)C3CCC(=O)N3)cc2)c(F)c1. The highest BCUT2D eigenvalue weighted by Gasteiger charge is 2.26. The van der Waals surface area contributed by atoms with Crippen molar-refractivity contribution < 1.29 is 28.3 Å². The first-order valence-corrected chi connectivity index (χ1v) is 11.3. The number of nitrogens with one attached hydrogen (secondary N) is 3. The number of carbonyl (C=O) groups excluding carboxylic acids is 4. The van der Waals surface area contributed by atoms with Gasteiger partial charge in [-0.25, -0.2) is 9.18 Å². The summed E-state index contributed by atoms with van der Waals surface area (Å²) in [7, 11) is 1.25. The van der Waals surface area contributed by atoms with E-state index in [4.69, 9.17) is 4.74 Å². The van der Waals surface area contributed by atoms with Crippen LogP contribution in [0.15, 0.2) is 42.5 Å². The Morgan fingerprint density at radius 3 is 2.49 bits per heavy atom. The first-order chi connectivity index (χ1) is 16.8. The smallest absolute Gasteiger partial charge is 0.413 e. The monoisotopic (exact) mass is 484 g/mol. The van der Waals surface area contributed by atoms with Gasteiger partial charge in [0, 0.05) is 44.2 Å². The molecule has 3 N–H and O–H groups in total. The molecule has 2 aromatic carbocycles. The Kier molecular flexibility index (Phi) is 8.77. The number of nitrogens with zero attached hydrogens (tertiary/aromatic N) is 1. The van der Waals surface area contributed by atoms with Gasteiger partial charge in [0.05, 0.1) is 7.11 Å². The van der Waals surface area contributed by atoms with Gasteiger partial charge in [-0.15, -0.1) is 0 Å². The molecule has 0 saturated carbocycles. The lowest BCUT2D eigenvalue weighted by molar-refractivity contribution is -0.125. The molecule has 3 rings (SSSR count). The number of carbonyl (C=O) groups is 4. The largest absolute Gasteiger partial charge is 0.452 e. The molecule has 1 unspecified atom stereocenters. The molecule has 186 valence electrons. The van der Waals surface area contributed by atoms with E-state index in [0.717, 1.165) is 5.56 Å². The third kappa shape index (κ3) is 7.02. The number of methoxy groups -OCH3 is 1. The second-order valence-corrected chi connectivity index (χ2v) is 8.20. The summed E-state index contributed by atoms with van der Waals surface area (Å²) in [5.41, 5.74) is 2.18. The van der Waals surface area contributed by atoms with Gasteiger partial charge < -0.3 is 20.7 Å². The van der Waals surface area contributed by atoms with Crippen LogP contribution in [0.25, 0.3) is 11.1 Å². The van der Waals surface area contributed by atoms with Crippen LogP contribution in [0.2, 0.25) is 0 Å². The van der Waals surface area contributed by atoms with E-state index in [1.54, 1.807) is 36.4 Å². The number of benzene rings is 2. The molecule has 1 fully saturated rings. The van der Waals surface area contributed by atoms with Crippen LogP contribution in [0, 0.1) is 5.82 Å². The van der Waals surface area contributed by atoms with Crippen molar-refractivity contribution in [3.8, 4) is 11.1 Å². The highest BCUT2D eigenvalue weighted by molar-refractivity contribution is 5.90. The molecule has 1 aliphatic heterocycles. The summed E-state index contributed by atoms with van der Waals surface area (Å²) in [6.07, 6.45) is 0.694. The summed E-state index contributed by atoms with van der Waals surface area (Å²) >= 11 is 0. The minimum atomic E-state index is -0.622. The highest BCUT2D eigenvalue weighted by atomic mass is 19.1. The lowest BCUT2D eigenvalue weighted by Crippen LogP contribution is -2.41. The van der Waals surface area contributed by atoms with Crippen molar-refractivity contribution >= 4 is 29.5 Å². The second kappa shape index (κ2) is 12.0. The minimum Gasteiger partial charge on any atom is -0.452 e. The Hall–Kier alpha value is -3.95. The van der Waals surface area contributed by atoms with Crippen LogP contribution in [0.4, 0.5) is 14.9 Å². The van der Waals surface area contributed by atoms with Gasteiger partial charge in [-0.1, -0.05) is 24.3 Å². The predicted octanol–water partition coefficient (Wildman–Crippen LogP) is 2.49. The number of halogens is 1. The zero-order valence-corrected chi connectivity index (χ0v) is 19.7. The van der Waals surface area contributed by atoms with Crippen molar-refractivity contribution in [2.24, 2.45) is 0 Å². The molecule has 1 heterocycles. The van der Waals surface area contributed by atoms with E-state index in [2.05, 4.69) is 16.0 Å². The van der Waals surface area contributed by atoms with Crippen LogP contribution in [0.5, 0.6) is 0 Å². The summed E-state index contributed by atoms with van der Waals surface area (Å²) < 4.78 is 19.8. The lowest BCUT2D eigenvalue weighted by Gasteiger charge is -2.22. The molecular weight excluding hydrogens is 455 g/mol. The van der Waals surface area contributed by atoms with Crippen molar-refractivity contribution in [2.75, 3.05) is 25.1 Å². The van der Waals surface area contributed by atoms with Gasteiger partial charge in [-0.2, -0.15) is 0 Å². The Labute approximate surface area is 203 Å². The Morgan fingerprint density at radius 2 is 1.89 bits per heavy atom. The zero-order chi connectivity index (χ0) is 25.4. The van der Waals surface area contributed by atoms with Gasteiger partial charge in [0.2, 0.25) is 17.7 Å². The number of hydrogen-bond acceptors (Lipinski definition) is 5. The molecular formula is C25H29FN4O5. The van der Waals surface area contributed by atoms with E-state index in [1.807, 2.05) is 0 Å². The molecule has 9 nitrogen and oxygen atoms in total. The molecule has 1 saturated heterocycles. The molecule has 0 aliphatic carbocycles. The van der Waals surface area contributed by atoms with E-state index >= 15 is 0 Å². The van der Waals surface area contributed by atoms with E-state index in [1.165, 1.54) is 25.0 Å². The lowest BCUT2D eigenvalue weighted by atomic mass is 10.0. The van der Waals surface area contributed by atoms with Crippen molar-refractivity contribution in [2.45, 2.75) is 38.8 Å². The molecule has 10 heteroatoms. The average molecular weight is 485 g/mol. The summed E-state index contributed by atoms with van der Waals surface area (Å²) in [5, 5.41) is 8.08. The molecule has 1 aliphatic rings. The van der Waals surface area contributed by atoms with Gasteiger partial charge in [0.1, 0.15) is 11.9 Å². The van der Waals surface area contributed by atoms with Gasteiger partial charge in [0.15, 0.2) is 0 Å². The molecule has 0 radical (unpaired) electrons. The maximum absolute atomic E-state index is 15.0. The van der Waals surface area contributed by atoms with Crippen molar-refractivity contribution in [3.63, 3.8) is 0 Å². The van der Waals surface area contributed by atoms with E-state index in [9.17, 15) is 23.6 Å². The van der Waals surface area contributed by atoms with Crippen LogP contribution in [0.1, 0.15) is 31.7 Å². The molecule has 0 spiro atoms. The number of amides is 4. The standard InChI is InChI=1S/C25H29FN4O5/c1-16(31)27-12-3-13-30(25(34)35-2)19-8-9-20(21(26)14-19)18-6-4-17(5-7-18)15-28-24(33)22-10-11-23(32)29-22/h4-9,14,22H,3,10-13,15H2,1-2H3,(H,27,31)(H,28,33)(H,29,32). The fraction of sp³-hybridized carbons (Fsp3) is 0.360. The summed E-state index contributed by atoms with van der Waals surface area (Å²) in [4.78, 5) is 47.9. The fourth-order valence-corrected chi connectivity index (χ4v) is 3.77. The van der Waals surface area contributed by atoms with Crippen molar-refractivity contribution in [1.82, 2.24) is 16.0 Å². The van der Waals surface area contributed by atoms with Crippen LogP contribution in [-0.4, -0.2) is 50.1 Å². The molecule has 0 aromatic heterocycles. The molecule has 2 aromatic rings. The topological polar surface area (TPSA) is 117 Å². The quantitative estimate of drug-likeness (QED) is 0.473. The third-order valence-corrected chi connectivity index (χ3v) is 5.64. The van der Waals surface area contributed by atoms with Crippen molar-refractivity contribution in [1.29, 1.82) is 0 Å². The molecule has 4 amide bonds. The van der Waals surface area contributed by atoms with Gasteiger partial charge in [-0.05, 0) is 42.2 Å². The van der Waals surface area contributed by atoms with Crippen molar-refractivity contribution in [3.05, 3.63) is 53.8 Å². The van der Waals surface area contributed by atoms with E-state index in [-0.39, 0.29) is 24.3 Å². The minimum absolute atomic E-state index is 0.123. The Balaban J connectivity index is 1.64. The summed E-state index contributed by atoms with van der Waals surface area (Å²) in [5.74, 6) is -1.02. The number of hydrogen-bond donors (Lipinski definition) is 3. The predicted molar refractivity (Wildman–Crippen MR) is 128 cm³/mol. The average Bonchev–Trinajstić information content (AvgIpc) is 3.28. The van der Waals surface area contributed by atoms with E-state index < -0.39 is 18.0 Å². The molecule has 0 bridgehead atoms. The van der Waals surface area contributed by atoms with Gasteiger partial charge in [-0.3, -0.25) is 19.3 Å². The second-order valence-electron chi connectivity index (χ2n) is 8.20. The first-order valence-electron chi connectivity index (χ1n) is 11.3. The zero-order valence-electron chi connectivity index (χ0n) is 19.7. The molecule has 1 atom stereocenters. The Bertz CT molecular complexity index is 1090. The fourth-order valence-electron chi connectivity index (χ4n) is 3.77. The summed E-state index contributed by atoms with van der Waals surface area (Å²) in [6, 6.07) is 11.1. The molecule has 35 heavy (non-hydrogen) atoms. The maximum atomic E-state index is 15.0. The highest BCUT2D eigenvalue weighted by Crippen LogP contribution is 2.28.